The van der Waals surface area contributed by atoms with Crippen LogP contribution in [0.5, 0.6) is 0 Å². The van der Waals surface area contributed by atoms with Crippen LogP contribution in [0.2, 0.25) is 5.02 Å². The van der Waals surface area contributed by atoms with E-state index in [0.29, 0.717) is 16.5 Å². The summed E-state index contributed by atoms with van der Waals surface area (Å²) in [5.41, 5.74) is 6.15. The fourth-order valence-electron chi connectivity index (χ4n) is 1.03. The molecule has 14 heavy (non-hydrogen) atoms. The Morgan fingerprint density at radius 3 is 2.86 bits per heavy atom. The minimum Gasteiger partial charge on any atom is -0.381 e. The summed E-state index contributed by atoms with van der Waals surface area (Å²) in [4.78, 5) is 1.39. The number of aromatic nitrogens is 3. The van der Waals surface area contributed by atoms with Gasteiger partial charge in [0.1, 0.15) is 5.69 Å². The fraction of sp³-hybridized carbons (Fsp3) is 0. The lowest BCUT2D eigenvalue weighted by molar-refractivity contribution is 0.754. The lowest BCUT2D eigenvalue weighted by Crippen LogP contribution is -2.00. The van der Waals surface area contributed by atoms with E-state index in [4.69, 9.17) is 17.3 Å². The Kier molecular flexibility index (Phi) is 2.43. The first kappa shape index (κ1) is 9.48. The predicted octanol–water partition coefficient (Wildman–Crippen LogP) is 2.27. The molecule has 2 aromatic rings. The highest BCUT2D eigenvalue weighted by Gasteiger charge is 2.05. The third-order valence-corrected chi connectivity index (χ3v) is 2.45. The van der Waals surface area contributed by atoms with Gasteiger partial charge in [0.05, 0.1) is 11.2 Å². The zero-order valence-electron chi connectivity index (χ0n) is 6.98. The van der Waals surface area contributed by atoms with Crippen LogP contribution in [0, 0.1) is 0 Å². The van der Waals surface area contributed by atoms with E-state index >= 15 is 0 Å². The molecule has 2 rings (SSSR count). The standard InChI is InChI=1S/C8H6BrClN4/c9-5-1-2-6(10)7(3-5)14-12-4-8(11)13-14/h1-4H,(H2,11,13). The van der Waals surface area contributed by atoms with Crippen LogP contribution in [0.4, 0.5) is 5.82 Å². The second kappa shape index (κ2) is 3.59. The Hall–Kier alpha value is -1.07. The third-order valence-electron chi connectivity index (χ3n) is 1.63. The van der Waals surface area contributed by atoms with Gasteiger partial charge in [0.25, 0.3) is 0 Å². The van der Waals surface area contributed by atoms with Crippen molar-refractivity contribution in [3.8, 4) is 5.69 Å². The van der Waals surface area contributed by atoms with Gasteiger partial charge in [-0.05, 0) is 18.2 Å². The van der Waals surface area contributed by atoms with Crippen molar-refractivity contribution in [1.82, 2.24) is 15.0 Å². The molecular formula is C8H6BrClN4. The number of rotatable bonds is 1. The number of nitrogens with zero attached hydrogens (tertiary/aromatic N) is 3. The van der Waals surface area contributed by atoms with Crippen LogP contribution in [0.15, 0.2) is 28.9 Å². The van der Waals surface area contributed by atoms with E-state index in [1.807, 2.05) is 12.1 Å². The van der Waals surface area contributed by atoms with Crippen molar-refractivity contribution < 1.29 is 0 Å². The first-order valence-electron chi connectivity index (χ1n) is 3.80. The Morgan fingerprint density at radius 1 is 1.43 bits per heavy atom. The SMILES string of the molecule is Nc1cnn(-c2cc(Br)ccc2Cl)n1. The summed E-state index contributed by atoms with van der Waals surface area (Å²) in [6.07, 6.45) is 1.47. The quantitative estimate of drug-likeness (QED) is 0.867. The van der Waals surface area contributed by atoms with Crippen molar-refractivity contribution in [3.05, 3.63) is 33.9 Å². The second-order valence-corrected chi connectivity index (χ2v) is 3.98. The predicted molar refractivity (Wildman–Crippen MR) is 58.5 cm³/mol. The van der Waals surface area contributed by atoms with Crippen LogP contribution in [0.1, 0.15) is 0 Å². The van der Waals surface area contributed by atoms with Gasteiger partial charge in [-0.15, -0.1) is 9.90 Å². The van der Waals surface area contributed by atoms with Gasteiger partial charge in [-0.1, -0.05) is 27.5 Å². The van der Waals surface area contributed by atoms with Crippen molar-refractivity contribution in [2.75, 3.05) is 5.73 Å². The van der Waals surface area contributed by atoms with Crippen molar-refractivity contribution >= 4 is 33.3 Å². The minimum absolute atomic E-state index is 0.362. The van der Waals surface area contributed by atoms with Crippen LogP contribution in [-0.2, 0) is 0 Å². The molecule has 2 N–H and O–H groups in total. The number of hydrogen-bond acceptors (Lipinski definition) is 3. The molecule has 1 aromatic heterocycles. The summed E-state index contributed by atoms with van der Waals surface area (Å²) in [5.74, 6) is 0.362. The Morgan fingerprint density at radius 2 is 2.21 bits per heavy atom. The maximum Gasteiger partial charge on any atom is 0.166 e. The lowest BCUT2D eigenvalue weighted by Gasteiger charge is -2.02. The van der Waals surface area contributed by atoms with Gasteiger partial charge < -0.3 is 5.73 Å². The first-order valence-corrected chi connectivity index (χ1v) is 4.97. The van der Waals surface area contributed by atoms with Gasteiger partial charge in [0.15, 0.2) is 5.82 Å². The normalized spacial score (nSPS) is 10.4. The van der Waals surface area contributed by atoms with Gasteiger partial charge in [-0.25, -0.2) is 0 Å². The molecule has 0 radical (unpaired) electrons. The fourth-order valence-corrected chi connectivity index (χ4v) is 1.57. The number of hydrogen-bond donors (Lipinski definition) is 1. The summed E-state index contributed by atoms with van der Waals surface area (Å²) in [5, 5.41) is 8.50. The molecule has 0 fully saturated rings. The van der Waals surface area contributed by atoms with Crippen molar-refractivity contribution in [2.24, 2.45) is 0 Å². The van der Waals surface area contributed by atoms with Gasteiger partial charge in [0.2, 0.25) is 0 Å². The Balaban J connectivity index is 2.55. The summed E-state index contributed by atoms with van der Waals surface area (Å²) in [7, 11) is 0. The van der Waals surface area contributed by atoms with E-state index in [9.17, 15) is 0 Å². The molecular weight excluding hydrogens is 267 g/mol. The molecule has 0 aliphatic rings. The van der Waals surface area contributed by atoms with E-state index in [0.717, 1.165) is 4.47 Å². The largest absolute Gasteiger partial charge is 0.381 e. The number of nitrogen functional groups attached to an aromatic ring is 1. The molecule has 0 spiro atoms. The average Bonchev–Trinajstić information content (AvgIpc) is 2.56. The second-order valence-electron chi connectivity index (χ2n) is 2.65. The molecule has 1 aromatic carbocycles. The van der Waals surface area contributed by atoms with Crippen LogP contribution in [0.3, 0.4) is 0 Å². The molecule has 0 bridgehead atoms. The lowest BCUT2D eigenvalue weighted by atomic mass is 10.3. The van der Waals surface area contributed by atoms with Crippen LogP contribution in [0.25, 0.3) is 5.69 Å². The molecule has 1 heterocycles. The third kappa shape index (κ3) is 1.73. The molecule has 0 aliphatic heterocycles. The molecule has 0 unspecified atom stereocenters. The smallest absolute Gasteiger partial charge is 0.166 e. The maximum absolute atomic E-state index is 5.98. The molecule has 0 saturated carbocycles. The number of nitrogens with two attached hydrogens (primary N) is 1. The first-order chi connectivity index (χ1) is 6.66. The van der Waals surface area contributed by atoms with E-state index in [1.54, 1.807) is 6.07 Å². The van der Waals surface area contributed by atoms with Gasteiger partial charge in [-0.3, -0.25) is 0 Å². The summed E-state index contributed by atoms with van der Waals surface area (Å²) >= 11 is 9.32. The highest BCUT2D eigenvalue weighted by Crippen LogP contribution is 2.23. The van der Waals surface area contributed by atoms with Gasteiger partial charge in [0, 0.05) is 4.47 Å². The number of benzene rings is 1. The highest BCUT2D eigenvalue weighted by atomic mass is 79.9. The van der Waals surface area contributed by atoms with Crippen LogP contribution >= 0.6 is 27.5 Å². The molecule has 6 heteroatoms. The monoisotopic (exact) mass is 272 g/mol. The van der Waals surface area contributed by atoms with Crippen LogP contribution < -0.4 is 5.73 Å². The molecule has 72 valence electrons. The topological polar surface area (TPSA) is 56.7 Å². The van der Waals surface area contributed by atoms with Gasteiger partial charge >= 0.3 is 0 Å². The maximum atomic E-state index is 5.98. The van der Waals surface area contributed by atoms with Crippen molar-refractivity contribution in [2.45, 2.75) is 0 Å². The van der Waals surface area contributed by atoms with Crippen molar-refractivity contribution in [3.63, 3.8) is 0 Å². The summed E-state index contributed by atoms with van der Waals surface area (Å²) in [6.45, 7) is 0. The Bertz CT molecular complexity index is 468. The molecule has 0 amide bonds. The van der Waals surface area contributed by atoms with E-state index in [2.05, 4.69) is 26.1 Å². The molecule has 0 saturated heterocycles. The zero-order valence-corrected chi connectivity index (χ0v) is 9.33. The van der Waals surface area contributed by atoms with Crippen molar-refractivity contribution in [1.29, 1.82) is 0 Å². The van der Waals surface area contributed by atoms with E-state index in [1.165, 1.54) is 11.0 Å². The van der Waals surface area contributed by atoms with E-state index in [-0.39, 0.29) is 0 Å². The number of halogens is 2. The average molecular weight is 274 g/mol. The van der Waals surface area contributed by atoms with E-state index < -0.39 is 0 Å². The summed E-state index contributed by atoms with van der Waals surface area (Å²) < 4.78 is 0.910. The molecule has 0 aliphatic carbocycles. The molecule has 0 atom stereocenters. The number of anilines is 1. The summed E-state index contributed by atoms with van der Waals surface area (Å²) in [6, 6.07) is 5.43. The zero-order chi connectivity index (χ0) is 10.1. The van der Waals surface area contributed by atoms with Crippen LogP contribution in [-0.4, -0.2) is 15.0 Å². The van der Waals surface area contributed by atoms with Gasteiger partial charge in [-0.2, -0.15) is 5.10 Å². The highest BCUT2D eigenvalue weighted by molar-refractivity contribution is 9.10. The minimum atomic E-state index is 0.362. The molecule has 4 nitrogen and oxygen atoms in total. The Labute approximate surface area is 93.8 Å².